The zero-order chi connectivity index (χ0) is 46.1. The molecule has 0 bridgehead atoms. The van der Waals surface area contributed by atoms with Crippen LogP contribution in [0.15, 0.2) is 194 Å². The van der Waals surface area contributed by atoms with Crippen LogP contribution in [-0.4, -0.2) is 9.13 Å². The average Bonchev–Trinajstić information content (AvgIpc) is 3.82. The Morgan fingerprint density at radius 2 is 0.780 bits per heavy atom. The third-order valence-electron chi connectivity index (χ3n) is 9.14. The molecule has 0 amide bonds. The maximum Gasteiger partial charge on any atom is 0.0645 e. The van der Waals surface area contributed by atoms with Gasteiger partial charge in [0.05, 0.1) is 42.6 Å². The molecule has 8 aromatic carbocycles. The second-order valence-electron chi connectivity index (χ2n) is 11.9. The van der Waals surface area contributed by atoms with Crippen LogP contribution in [-0.2, 0) is 0 Å². The highest BCUT2D eigenvalue weighted by Crippen LogP contribution is 2.39. The number of hydrogen-bond acceptors (Lipinski definition) is 0. The summed E-state index contributed by atoms with van der Waals surface area (Å²) in [7, 11) is 0. The first-order chi connectivity index (χ1) is 31.0. The Bertz CT molecular complexity index is 3510. The molecule has 0 saturated carbocycles. The van der Waals surface area contributed by atoms with E-state index >= 15 is 0 Å². The third kappa shape index (κ3) is 4.57. The molecule has 2 heteroatoms. The first kappa shape index (κ1) is 17.1. The predicted molar refractivity (Wildman–Crippen MR) is 211 cm³/mol. The van der Waals surface area contributed by atoms with E-state index in [1.807, 2.05) is 60.7 Å². The molecule has 0 aliphatic carbocycles. The summed E-state index contributed by atoms with van der Waals surface area (Å²) in [4.78, 5) is 0. The topological polar surface area (TPSA) is 9.86 Å². The van der Waals surface area contributed by atoms with Crippen molar-refractivity contribution in [3.05, 3.63) is 194 Å². The largest absolute Gasteiger partial charge is 0.309 e. The van der Waals surface area contributed by atoms with Crippen LogP contribution >= 0.6 is 0 Å². The molecule has 0 N–H and O–H groups in total. The van der Waals surface area contributed by atoms with Crippen molar-refractivity contribution in [2.75, 3.05) is 0 Å². The number of fused-ring (bicyclic) bond motifs is 6. The smallest absolute Gasteiger partial charge is 0.0645 e. The van der Waals surface area contributed by atoms with Gasteiger partial charge in [-0.05, 0) is 100 Å². The molecular formula is C48H32N2. The highest BCUT2D eigenvalue weighted by Gasteiger charge is 2.17. The monoisotopic (exact) mass is 651 g/mol. The van der Waals surface area contributed by atoms with Crippen LogP contribution in [0.5, 0.6) is 0 Å². The first-order valence-corrected chi connectivity index (χ1v) is 16.0. The SMILES string of the molecule is [2H]c1c([2H])c([2H])c(-c2cc(-c3ccc4c5cc(-n6c7ccccc7c7ccccc76)ccc5n(-c5c([2H])c([2H])c([2H])c([2H])c5[2H])c4c3)cc(-c3c([2H])c([2H])c([2H])c([2H])c3[2H])c2)c([2H])c1[2H]. The minimum absolute atomic E-state index is 0.0922. The van der Waals surface area contributed by atoms with Gasteiger partial charge in [0.25, 0.3) is 0 Å². The van der Waals surface area contributed by atoms with E-state index < -0.39 is 90.6 Å². The van der Waals surface area contributed by atoms with Gasteiger partial charge in [0.2, 0.25) is 0 Å². The number of para-hydroxylation sites is 3. The van der Waals surface area contributed by atoms with Crippen molar-refractivity contribution < 1.29 is 20.6 Å². The van der Waals surface area contributed by atoms with Crippen molar-refractivity contribution >= 4 is 43.6 Å². The van der Waals surface area contributed by atoms with Gasteiger partial charge < -0.3 is 9.13 Å². The zero-order valence-corrected chi connectivity index (χ0v) is 26.2. The maximum absolute atomic E-state index is 9.09. The van der Waals surface area contributed by atoms with Gasteiger partial charge in [0, 0.05) is 32.9 Å². The number of rotatable bonds is 5. The molecule has 10 aromatic rings. The van der Waals surface area contributed by atoms with Crippen LogP contribution < -0.4 is 0 Å². The Kier molecular flexibility index (Phi) is 3.95. The molecule has 2 heterocycles. The molecule has 234 valence electrons. The molecule has 2 nitrogen and oxygen atoms in total. The summed E-state index contributed by atoms with van der Waals surface area (Å²) in [5.74, 6) is 0. The van der Waals surface area contributed by atoms with Crippen LogP contribution in [0.25, 0.3) is 88.4 Å². The van der Waals surface area contributed by atoms with Crippen LogP contribution in [0.4, 0.5) is 0 Å². The maximum atomic E-state index is 9.09. The molecular weight excluding hydrogens is 605 g/mol. The Hall–Kier alpha value is -6.64. The summed E-state index contributed by atoms with van der Waals surface area (Å²) < 4.78 is 133. The molecule has 0 aliphatic rings. The van der Waals surface area contributed by atoms with E-state index in [0.717, 1.165) is 27.5 Å². The molecule has 0 saturated heterocycles. The Morgan fingerprint density at radius 1 is 0.300 bits per heavy atom. The number of nitrogens with zero attached hydrogens (tertiary/aromatic N) is 2. The first-order valence-electron chi connectivity index (χ1n) is 23.5. The van der Waals surface area contributed by atoms with Gasteiger partial charge in [-0.15, -0.1) is 0 Å². The molecule has 0 aliphatic heterocycles. The van der Waals surface area contributed by atoms with E-state index in [-0.39, 0.29) is 27.9 Å². The zero-order valence-electron chi connectivity index (χ0n) is 41.2. The Morgan fingerprint density at radius 3 is 1.38 bits per heavy atom. The van der Waals surface area contributed by atoms with Gasteiger partial charge in [-0.1, -0.05) is 127 Å². The second kappa shape index (κ2) is 11.5. The molecule has 0 radical (unpaired) electrons. The lowest BCUT2D eigenvalue weighted by Gasteiger charge is -2.12. The highest BCUT2D eigenvalue weighted by molar-refractivity contribution is 6.13. The molecule has 0 fully saturated rings. The summed E-state index contributed by atoms with van der Waals surface area (Å²) in [6, 6.07) is 23.9. The molecule has 0 atom stereocenters. The van der Waals surface area contributed by atoms with Gasteiger partial charge in [0.15, 0.2) is 0 Å². The number of benzene rings is 8. The quantitative estimate of drug-likeness (QED) is 0.175. The summed E-state index contributed by atoms with van der Waals surface area (Å²) in [6.07, 6.45) is 0. The lowest BCUT2D eigenvalue weighted by Crippen LogP contribution is -1.95. The van der Waals surface area contributed by atoms with Crippen LogP contribution in [0.3, 0.4) is 0 Å². The third-order valence-corrected chi connectivity index (χ3v) is 9.14. The van der Waals surface area contributed by atoms with E-state index in [1.165, 1.54) is 6.07 Å². The fourth-order valence-electron chi connectivity index (χ4n) is 7.00. The van der Waals surface area contributed by atoms with Crippen LogP contribution in [0, 0.1) is 0 Å². The lowest BCUT2D eigenvalue weighted by molar-refractivity contribution is 1.17. The lowest BCUT2D eigenvalue weighted by atomic mass is 9.93. The molecule has 0 unspecified atom stereocenters. The minimum atomic E-state index is -0.599. The van der Waals surface area contributed by atoms with Gasteiger partial charge >= 0.3 is 0 Å². The fraction of sp³-hybridized carbons (Fsp3) is 0. The van der Waals surface area contributed by atoms with Crippen molar-refractivity contribution in [2.24, 2.45) is 0 Å². The van der Waals surface area contributed by atoms with Crippen molar-refractivity contribution in [3.8, 4) is 44.8 Å². The van der Waals surface area contributed by atoms with Gasteiger partial charge in [-0.25, -0.2) is 0 Å². The molecule has 2 aromatic heterocycles. The van der Waals surface area contributed by atoms with E-state index in [9.17, 15) is 0 Å². The predicted octanol–water partition coefficient (Wildman–Crippen LogP) is 12.9. The van der Waals surface area contributed by atoms with E-state index in [2.05, 4.69) is 16.7 Å². The summed E-state index contributed by atoms with van der Waals surface area (Å²) in [6.45, 7) is 0. The fourth-order valence-corrected chi connectivity index (χ4v) is 7.00. The van der Waals surface area contributed by atoms with E-state index in [4.69, 9.17) is 20.6 Å². The summed E-state index contributed by atoms with van der Waals surface area (Å²) in [5, 5.41) is 3.47. The second-order valence-corrected chi connectivity index (χ2v) is 11.9. The molecule has 50 heavy (non-hydrogen) atoms. The van der Waals surface area contributed by atoms with E-state index in [1.54, 1.807) is 28.8 Å². The van der Waals surface area contributed by atoms with Gasteiger partial charge in [0.1, 0.15) is 0 Å². The minimum Gasteiger partial charge on any atom is -0.309 e. The van der Waals surface area contributed by atoms with Gasteiger partial charge in [-0.3, -0.25) is 0 Å². The highest BCUT2D eigenvalue weighted by atomic mass is 15.0. The normalized spacial score (nSPS) is 15.8. The van der Waals surface area contributed by atoms with Crippen molar-refractivity contribution in [2.45, 2.75) is 0 Å². The van der Waals surface area contributed by atoms with Crippen molar-refractivity contribution in [1.82, 2.24) is 9.13 Å². The van der Waals surface area contributed by atoms with E-state index in [0.29, 0.717) is 32.9 Å². The molecule has 10 rings (SSSR count). The number of hydrogen-bond donors (Lipinski definition) is 0. The summed E-state index contributed by atoms with van der Waals surface area (Å²) in [5.41, 5.74) is 4.35. The average molecular weight is 652 g/mol. The standard InChI is InChI=1S/C48H32N2/c1-4-14-33(15-5-1)36-28-37(34-16-6-2-7-17-34)30-38(29-36)35-24-26-43-44-32-40(25-27-47(44)49(48(43)31-35)39-18-8-3-9-19-39)50-45-22-12-10-20-41(45)42-21-11-13-23-46(42)50/h1-32H/i1D,2D,3D,4D,5D,6D,7D,8D,9D,14D,15D,16D,17D,18D,19D. The Balaban J connectivity index is 1.30. The molecule has 0 spiro atoms. The van der Waals surface area contributed by atoms with Crippen LogP contribution in [0.1, 0.15) is 20.6 Å². The Labute approximate surface area is 311 Å². The van der Waals surface area contributed by atoms with Crippen molar-refractivity contribution in [1.29, 1.82) is 0 Å². The van der Waals surface area contributed by atoms with Crippen molar-refractivity contribution in [3.63, 3.8) is 0 Å². The summed E-state index contributed by atoms with van der Waals surface area (Å²) >= 11 is 0. The van der Waals surface area contributed by atoms with Gasteiger partial charge in [-0.2, -0.15) is 0 Å². The van der Waals surface area contributed by atoms with Crippen LogP contribution in [0.2, 0.25) is 0 Å². The number of aromatic nitrogens is 2.